The number of ketones is 2. The number of rotatable bonds is 20. The number of carbonyl (C=O) groups excluding carboxylic acids is 2. The molecule has 0 saturated heterocycles. The van der Waals surface area contributed by atoms with Gasteiger partial charge in [0.2, 0.25) is 0 Å². The van der Waals surface area contributed by atoms with E-state index in [1.807, 2.05) is 60.0 Å². The van der Waals surface area contributed by atoms with Crippen LogP contribution in [-0.4, -0.2) is 89.8 Å². The predicted octanol–water partition coefficient (Wildman–Crippen LogP) is 9.29. The fourth-order valence-electron chi connectivity index (χ4n) is 8.00. The number of halogens is 4. The number of benzene rings is 3. The van der Waals surface area contributed by atoms with Crippen molar-refractivity contribution in [3.63, 3.8) is 0 Å². The summed E-state index contributed by atoms with van der Waals surface area (Å²) in [6, 6.07) is 20.5. The Labute approximate surface area is 389 Å². The number of nitrogens with one attached hydrogen (secondary N) is 1. The minimum absolute atomic E-state index is 0.0200. The van der Waals surface area contributed by atoms with Crippen molar-refractivity contribution in [2.45, 2.75) is 58.7 Å². The van der Waals surface area contributed by atoms with Crippen LogP contribution >= 0.6 is 22.9 Å². The zero-order valence-corrected chi connectivity index (χ0v) is 38.2. The molecule has 8 rings (SSSR count). The van der Waals surface area contributed by atoms with E-state index in [1.54, 1.807) is 29.5 Å². The van der Waals surface area contributed by atoms with Crippen LogP contribution < -0.4 is 10.1 Å². The Hall–Kier alpha value is -5.78. The summed E-state index contributed by atoms with van der Waals surface area (Å²) in [5, 5.41) is 13.4. The van der Waals surface area contributed by atoms with Gasteiger partial charge in [0.25, 0.3) is 0 Å². The molecule has 1 aliphatic heterocycles. The predicted molar refractivity (Wildman–Crippen MR) is 247 cm³/mol. The number of aromatic nitrogens is 4. The van der Waals surface area contributed by atoms with Crippen LogP contribution in [-0.2, 0) is 49.2 Å². The zero-order chi connectivity index (χ0) is 46.4. The monoisotopic (exact) mass is 940 g/mol. The zero-order valence-electron chi connectivity index (χ0n) is 36.7. The normalized spacial score (nSPS) is 14.4. The Kier molecular flexibility index (Phi) is 14.7. The number of aliphatic imine (C=N–C) groups is 1. The van der Waals surface area contributed by atoms with Gasteiger partial charge in [-0.25, -0.2) is 4.98 Å². The number of hydrogen-bond acceptors (Lipinski definition) is 12. The number of aryl methyl sites for hydroxylation is 2. The number of carbonyl (C=O) groups is 2. The molecule has 0 radical (unpaired) electrons. The van der Waals surface area contributed by atoms with E-state index in [1.165, 1.54) is 11.1 Å². The molecule has 4 heterocycles. The molecule has 0 saturated carbocycles. The molecule has 17 heteroatoms. The number of thiophene rings is 1. The number of anilines is 1. The average molecular weight is 941 g/mol. The Balaban J connectivity index is 0.717. The van der Waals surface area contributed by atoms with Gasteiger partial charge in [0.05, 0.1) is 50.9 Å². The lowest BCUT2D eigenvalue weighted by Crippen LogP contribution is -2.16. The summed E-state index contributed by atoms with van der Waals surface area (Å²) in [6.45, 7) is 8.59. The fraction of sp³-hybridized carbons (Fsp3) is 0.347. The van der Waals surface area contributed by atoms with Gasteiger partial charge in [0.15, 0.2) is 5.82 Å². The standard InChI is InChI=1S/C49H48ClF3N6O6S/c1-29-30(2)66-48-45(29)46(33-8-10-37(50)11-9-33)56-43(47-58-57-31(3)59(47)48)26-38(60)22-32-4-12-40(13-5-32)65-21-20-64-19-18-63-17-16-62-15-14-54-44-27-42(49(51,52)53)41(28-55-44)35-7-6-34-24-39(61)25-36(34)23-35/h4-13,23,27-28,43H,14-22,24-26H2,1-3H3,(H,54,55)/t43-/m0/s1. The molecule has 1 aliphatic carbocycles. The lowest BCUT2D eigenvalue weighted by molar-refractivity contribution is -0.137. The van der Waals surface area contributed by atoms with Gasteiger partial charge < -0.3 is 24.3 Å². The molecular weight excluding hydrogens is 893 g/mol. The quantitative estimate of drug-likeness (QED) is 0.0738. The van der Waals surface area contributed by atoms with Crippen molar-refractivity contribution >= 4 is 46.0 Å². The summed E-state index contributed by atoms with van der Waals surface area (Å²) in [7, 11) is 0. The average Bonchev–Trinajstić information content (AvgIpc) is 3.93. The van der Waals surface area contributed by atoms with Crippen LogP contribution in [0, 0.1) is 20.8 Å². The minimum atomic E-state index is -4.59. The van der Waals surface area contributed by atoms with Gasteiger partial charge in [-0.05, 0) is 78.9 Å². The molecule has 12 nitrogen and oxygen atoms in total. The first-order valence-electron chi connectivity index (χ1n) is 21.6. The molecule has 6 aromatic rings. The van der Waals surface area contributed by atoms with Crippen molar-refractivity contribution in [1.82, 2.24) is 19.7 Å². The van der Waals surface area contributed by atoms with Crippen LogP contribution in [0.1, 0.15) is 67.9 Å². The van der Waals surface area contributed by atoms with E-state index < -0.39 is 17.8 Å². The number of Topliss-reactive ketones (excluding diaryl/α,β-unsaturated/α-hetero) is 2. The molecule has 0 fully saturated rings. The van der Waals surface area contributed by atoms with Crippen LogP contribution in [0.15, 0.2) is 84.0 Å². The van der Waals surface area contributed by atoms with E-state index in [4.69, 9.17) is 35.5 Å². The number of nitrogens with zero attached hydrogens (tertiary/aromatic N) is 5. The van der Waals surface area contributed by atoms with Crippen LogP contribution in [0.5, 0.6) is 5.75 Å². The lowest BCUT2D eigenvalue weighted by atomic mass is 9.98. The maximum atomic E-state index is 14.0. The van der Waals surface area contributed by atoms with Crippen LogP contribution in [0.2, 0.25) is 5.02 Å². The third-order valence-electron chi connectivity index (χ3n) is 11.4. The second kappa shape index (κ2) is 20.8. The molecule has 0 amide bonds. The maximum absolute atomic E-state index is 14.0. The smallest absolute Gasteiger partial charge is 0.417 e. The van der Waals surface area contributed by atoms with Crippen molar-refractivity contribution in [2.24, 2.45) is 4.99 Å². The maximum Gasteiger partial charge on any atom is 0.417 e. The third-order valence-corrected chi connectivity index (χ3v) is 12.8. The van der Waals surface area contributed by atoms with Gasteiger partial charge in [-0.1, -0.05) is 54.1 Å². The van der Waals surface area contributed by atoms with Crippen molar-refractivity contribution in [2.75, 3.05) is 58.1 Å². The number of pyridine rings is 1. The number of alkyl halides is 3. The minimum Gasteiger partial charge on any atom is -0.491 e. The first-order valence-corrected chi connectivity index (χ1v) is 22.8. The fourth-order valence-corrected chi connectivity index (χ4v) is 9.34. The number of hydrogen-bond donors (Lipinski definition) is 1. The van der Waals surface area contributed by atoms with E-state index in [0.29, 0.717) is 68.2 Å². The van der Waals surface area contributed by atoms with E-state index >= 15 is 0 Å². The van der Waals surface area contributed by atoms with Gasteiger partial charge in [0, 0.05) is 65.0 Å². The van der Waals surface area contributed by atoms with Crippen molar-refractivity contribution < 1.29 is 41.7 Å². The Morgan fingerprint density at radius 1 is 0.848 bits per heavy atom. The van der Waals surface area contributed by atoms with E-state index in [9.17, 15) is 22.8 Å². The largest absolute Gasteiger partial charge is 0.491 e. The second-order valence-corrected chi connectivity index (χ2v) is 17.7. The second-order valence-electron chi connectivity index (χ2n) is 16.1. The molecule has 1 N–H and O–H groups in total. The van der Waals surface area contributed by atoms with Crippen LogP contribution in [0.25, 0.3) is 16.1 Å². The SMILES string of the molecule is Cc1sc2c(c1C)C(c1ccc(Cl)cc1)=N[C@@H](CC(=O)Cc1ccc(OCCOCCOCCOCCNc3cc(C(F)(F)F)c(-c4ccc5c(c4)CC(=O)C5)cn3)cc1)c1nnc(C)n1-2. The van der Waals surface area contributed by atoms with Crippen molar-refractivity contribution in [3.05, 3.63) is 139 Å². The first-order chi connectivity index (χ1) is 31.8. The molecule has 3 aromatic carbocycles. The summed E-state index contributed by atoms with van der Waals surface area (Å²) in [5.74, 6) is 2.19. The summed E-state index contributed by atoms with van der Waals surface area (Å²) >= 11 is 7.91. The highest BCUT2D eigenvalue weighted by Crippen LogP contribution is 2.41. The van der Waals surface area contributed by atoms with Crippen molar-refractivity contribution in [1.29, 1.82) is 0 Å². The van der Waals surface area contributed by atoms with Gasteiger partial charge >= 0.3 is 6.18 Å². The molecule has 1 atom stereocenters. The summed E-state index contributed by atoms with van der Waals surface area (Å²) in [6.07, 6.45) is -2.46. The van der Waals surface area contributed by atoms with Crippen molar-refractivity contribution in [3.8, 4) is 21.9 Å². The molecule has 0 bridgehead atoms. The van der Waals surface area contributed by atoms with Gasteiger partial charge in [-0.15, -0.1) is 21.5 Å². The van der Waals surface area contributed by atoms with E-state index in [-0.39, 0.29) is 55.4 Å². The lowest BCUT2D eigenvalue weighted by Gasteiger charge is -2.16. The third kappa shape index (κ3) is 11.1. The highest BCUT2D eigenvalue weighted by atomic mass is 35.5. The molecule has 0 spiro atoms. The van der Waals surface area contributed by atoms with E-state index in [0.717, 1.165) is 56.0 Å². The van der Waals surface area contributed by atoms with Gasteiger partial charge in [0.1, 0.15) is 46.6 Å². The number of fused-ring (bicyclic) bond motifs is 4. The van der Waals surface area contributed by atoms with E-state index in [2.05, 4.69) is 34.3 Å². The Bertz CT molecular complexity index is 2740. The topological polar surface area (TPSA) is 139 Å². The Morgan fingerprint density at radius 2 is 1.53 bits per heavy atom. The molecule has 66 heavy (non-hydrogen) atoms. The Morgan fingerprint density at radius 3 is 2.26 bits per heavy atom. The van der Waals surface area contributed by atoms with Gasteiger partial charge in [-0.2, -0.15) is 13.2 Å². The van der Waals surface area contributed by atoms with Crippen LogP contribution in [0.4, 0.5) is 19.0 Å². The molecule has 344 valence electrons. The number of ether oxygens (including phenoxy) is 4. The van der Waals surface area contributed by atoms with Gasteiger partial charge in [-0.3, -0.25) is 19.1 Å². The molecule has 2 aliphatic rings. The molecule has 0 unspecified atom stereocenters. The highest BCUT2D eigenvalue weighted by molar-refractivity contribution is 7.15. The molecule has 3 aromatic heterocycles. The first kappa shape index (κ1) is 46.7. The summed E-state index contributed by atoms with van der Waals surface area (Å²) in [5.41, 5.74) is 5.87. The highest BCUT2D eigenvalue weighted by Gasteiger charge is 2.35. The molecular formula is C49H48ClF3N6O6S. The summed E-state index contributed by atoms with van der Waals surface area (Å²) in [4.78, 5) is 36.0. The van der Waals surface area contributed by atoms with Crippen LogP contribution in [0.3, 0.4) is 0 Å². The summed E-state index contributed by atoms with van der Waals surface area (Å²) < 4.78 is 66.7.